The Morgan fingerprint density at radius 2 is 2.14 bits per heavy atom. The molecule has 2 aromatic heterocycles. The number of ketones is 1. The predicted molar refractivity (Wildman–Crippen MR) is 87.4 cm³/mol. The van der Waals surface area contributed by atoms with Gasteiger partial charge < -0.3 is 4.57 Å². The zero-order chi connectivity index (χ0) is 14.8. The summed E-state index contributed by atoms with van der Waals surface area (Å²) in [6.45, 7) is 2.98. The molecular formula is C16H15ClN2OS. The minimum atomic E-state index is 0.0302. The Hall–Kier alpha value is -1.65. The van der Waals surface area contributed by atoms with E-state index < -0.39 is 0 Å². The molecule has 0 saturated carbocycles. The van der Waals surface area contributed by atoms with E-state index >= 15 is 0 Å². The number of benzene rings is 1. The van der Waals surface area contributed by atoms with Crippen LogP contribution in [0.2, 0.25) is 5.02 Å². The minimum Gasteiger partial charge on any atom is -0.328 e. The number of nitrogens with zero attached hydrogens (tertiary/aromatic N) is 2. The van der Waals surface area contributed by atoms with Gasteiger partial charge in [0.15, 0.2) is 5.78 Å². The van der Waals surface area contributed by atoms with Gasteiger partial charge in [-0.3, -0.25) is 4.79 Å². The van der Waals surface area contributed by atoms with Crippen molar-refractivity contribution in [1.82, 2.24) is 9.55 Å². The van der Waals surface area contributed by atoms with E-state index in [1.165, 1.54) is 11.3 Å². The zero-order valence-corrected chi connectivity index (χ0v) is 13.2. The molecule has 1 aromatic carbocycles. The van der Waals surface area contributed by atoms with Gasteiger partial charge in [0.2, 0.25) is 0 Å². The van der Waals surface area contributed by atoms with Crippen LogP contribution < -0.4 is 0 Å². The number of Topliss-reactive ketones (excluding diaryl/α,β-unsaturated/α-hetero) is 1. The van der Waals surface area contributed by atoms with Gasteiger partial charge >= 0.3 is 0 Å². The second-order valence-electron chi connectivity index (χ2n) is 4.87. The average molecular weight is 319 g/mol. The maximum Gasteiger partial charge on any atom is 0.181 e. The number of hydrogen-bond donors (Lipinski definition) is 0. The fourth-order valence-corrected chi connectivity index (χ4v) is 3.55. The molecule has 0 saturated heterocycles. The molecule has 0 bridgehead atoms. The van der Waals surface area contributed by atoms with Gasteiger partial charge in [-0.1, -0.05) is 30.7 Å². The summed E-state index contributed by atoms with van der Waals surface area (Å²) in [6, 6.07) is 9.75. The first-order chi connectivity index (χ1) is 10.2. The van der Waals surface area contributed by atoms with Crippen LogP contribution in [0.25, 0.3) is 11.0 Å². The molecule has 0 N–H and O–H groups in total. The Labute approximate surface area is 132 Å². The van der Waals surface area contributed by atoms with Crippen LogP contribution in [0.5, 0.6) is 0 Å². The molecule has 0 spiro atoms. The van der Waals surface area contributed by atoms with Crippen LogP contribution >= 0.6 is 22.9 Å². The van der Waals surface area contributed by atoms with E-state index in [9.17, 15) is 4.79 Å². The number of para-hydroxylation sites is 2. The summed E-state index contributed by atoms with van der Waals surface area (Å²) in [5.74, 6) is 0.843. The molecule has 3 rings (SSSR count). The van der Waals surface area contributed by atoms with Gasteiger partial charge in [-0.15, -0.1) is 11.3 Å². The molecule has 2 heterocycles. The van der Waals surface area contributed by atoms with Gasteiger partial charge in [0.25, 0.3) is 0 Å². The lowest BCUT2D eigenvalue weighted by Crippen LogP contribution is -2.10. The second kappa shape index (κ2) is 6.00. The first-order valence-corrected chi connectivity index (χ1v) is 8.16. The lowest BCUT2D eigenvalue weighted by molar-refractivity contribution is 0.0994. The minimum absolute atomic E-state index is 0.0302. The lowest BCUT2D eigenvalue weighted by atomic mass is 10.2. The number of aryl methyl sites for hydroxylation is 1. The fourth-order valence-electron chi connectivity index (χ4n) is 2.45. The van der Waals surface area contributed by atoms with Crippen molar-refractivity contribution < 1.29 is 4.79 Å². The first kappa shape index (κ1) is 14.3. The van der Waals surface area contributed by atoms with Crippen molar-refractivity contribution in [2.45, 2.75) is 26.3 Å². The standard InChI is InChI=1S/C16H15ClN2OS/c1-2-8-19-13-6-4-3-5-12(13)18-15(19)10-14(20)16-11(17)7-9-21-16/h3-7,9H,2,8,10H2,1H3. The van der Waals surface area contributed by atoms with Crippen molar-refractivity contribution in [3.8, 4) is 0 Å². The van der Waals surface area contributed by atoms with Crippen molar-refractivity contribution in [3.63, 3.8) is 0 Å². The van der Waals surface area contributed by atoms with Crippen molar-refractivity contribution >= 4 is 39.8 Å². The highest BCUT2D eigenvalue weighted by molar-refractivity contribution is 7.12. The zero-order valence-electron chi connectivity index (χ0n) is 11.7. The molecule has 3 aromatic rings. The quantitative estimate of drug-likeness (QED) is 0.645. The molecule has 0 aliphatic carbocycles. The maximum absolute atomic E-state index is 12.4. The highest BCUT2D eigenvalue weighted by Gasteiger charge is 2.17. The molecule has 0 aliphatic rings. The number of carbonyl (C=O) groups is 1. The van der Waals surface area contributed by atoms with Gasteiger partial charge in [0, 0.05) is 6.54 Å². The number of aromatic nitrogens is 2. The number of hydrogen-bond acceptors (Lipinski definition) is 3. The van der Waals surface area contributed by atoms with Crippen LogP contribution in [0.4, 0.5) is 0 Å². The molecule has 0 aliphatic heterocycles. The second-order valence-corrected chi connectivity index (χ2v) is 6.19. The maximum atomic E-state index is 12.4. The average Bonchev–Trinajstić information content (AvgIpc) is 3.04. The van der Waals surface area contributed by atoms with Crippen molar-refractivity contribution in [2.24, 2.45) is 0 Å². The van der Waals surface area contributed by atoms with Crippen LogP contribution in [0, 0.1) is 0 Å². The smallest absolute Gasteiger partial charge is 0.181 e. The number of imidazole rings is 1. The Kier molecular flexibility index (Phi) is 4.08. The highest BCUT2D eigenvalue weighted by Crippen LogP contribution is 2.24. The molecule has 3 nitrogen and oxygen atoms in total. The molecule has 21 heavy (non-hydrogen) atoms. The number of carbonyl (C=O) groups excluding carboxylic acids is 1. The third-order valence-electron chi connectivity index (χ3n) is 3.37. The van der Waals surface area contributed by atoms with E-state index in [1.807, 2.05) is 29.6 Å². The third-order valence-corrected chi connectivity index (χ3v) is 4.75. The molecule has 0 amide bonds. The molecule has 0 unspecified atom stereocenters. The molecular weight excluding hydrogens is 304 g/mol. The topological polar surface area (TPSA) is 34.9 Å². The van der Waals surface area contributed by atoms with Crippen molar-refractivity contribution in [2.75, 3.05) is 0 Å². The van der Waals surface area contributed by atoms with Crippen LogP contribution in [0.3, 0.4) is 0 Å². The van der Waals surface area contributed by atoms with E-state index in [0.29, 0.717) is 9.90 Å². The van der Waals surface area contributed by atoms with Crippen molar-refractivity contribution in [3.05, 3.63) is 51.4 Å². The summed E-state index contributed by atoms with van der Waals surface area (Å²) in [7, 11) is 0. The first-order valence-electron chi connectivity index (χ1n) is 6.91. The fraction of sp³-hybridized carbons (Fsp3) is 0.250. The van der Waals surface area contributed by atoms with E-state index in [4.69, 9.17) is 11.6 Å². The lowest BCUT2D eigenvalue weighted by Gasteiger charge is -2.07. The van der Waals surface area contributed by atoms with Gasteiger partial charge in [-0.05, 0) is 30.0 Å². The van der Waals surface area contributed by atoms with Crippen molar-refractivity contribution in [1.29, 1.82) is 0 Å². The largest absolute Gasteiger partial charge is 0.328 e. The van der Waals surface area contributed by atoms with Gasteiger partial charge in [0.1, 0.15) is 5.82 Å². The van der Waals surface area contributed by atoms with Crippen LogP contribution in [0.1, 0.15) is 28.8 Å². The number of fused-ring (bicyclic) bond motifs is 1. The Morgan fingerprint density at radius 3 is 2.86 bits per heavy atom. The highest BCUT2D eigenvalue weighted by atomic mass is 35.5. The van der Waals surface area contributed by atoms with Gasteiger partial charge in [-0.2, -0.15) is 0 Å². The Morgan fingerprint density at radius 1 is 1.33 bits per heavy atom. The normalized spacial score (nSPS) is 11.1. The SMILES string of the molecule is CCCn1c(CC(=O)c2sccc2Cl)nc2ccccc21. The van der Waals surface area contributed by atoms with Crippen LogP contribution in [-0.2, 0) is 13.0 Å². The Balaban J connectivity index is 1.98. The van der Waals surface area contributed by atoms with E-state index in [2.05, 4.69) is 16.5 Å². The monoisotopic (exact) mass is 318 g/mol. The summed E-state index contributed by atoms with van der Waals surface area (Å²) in [4.78, 5) is 17.6. The van der Waals surface area contributed by atoms with Gasteiger partial charge in [-0.25, -0.2) is 4.98 Å². The summed E-state index contributed by atoms with van der Waals surface area (Å²) < 4.78 is 2.13. The van der Waals surface area contributed by atoms with E-state index in [0.717, 1.165) is 29.8 Å². The molecule has 5 heteroatoms. The van der Waals surface area contributed by atoms with Crippen LogP contribution in [-0.4, -0.2) is 15.3 Å². The third kappa shape index (κ3) is 2.74. The predicted octanol–water partition coefficient (Wildman–Crippen LogP) is 4.59. The van der Waals surface area contributed by atoms with Gasteiger partial charge in [0.05, 0.1) is 27.4 Å². The Bertz CT molecular complexity index is 791. The van der Waals surface area contributed by atoms with Crippen LogP contribution in [0.15, 0.2) is 35.7 Å². The number of halogens is 1. The summed E-state index contributed by atoms with van der Waals surface area (Å²) in [5.41, 5.74) is 2.02. The molecule has 0 radical (unpaired) electrons. The summed E-state index contributed by atoms with van der Waals surface area (Å²) >= 11 is 7.43. The number of rotatable bonds is 5. The molecule has 108 valence electrons. The molecule has 0 fully saturated rings. The van der Waals surface area contributed by atoms with E-state index in [1.54, 1.807) is 6.07 Å². The molecule has 0 atom stereocenters. The summed E-state index contributed by atoms with van der Waals surface area (Å²) in [6.07, 6.45) is 1.29. The summed E-state index contributed by atoms with van der Waals surface area (Å²) in [5, 5.41) is 2.37. The van der Waals surface area contributed by atoms with E-state index in [-0.39, 0.29) is 12.2 Å². The number of thiophene rings is 1.